The molecule has 104 valence electrons. The fourth-order valence-corrected chi connectivity index (χ4v) is 1.68. The van der Waals surface area contributed by atoms with E-state index < -0.39 is 0 Å². The first-order valence-corrected chi connectivity index (χ1v) is 6.15. The first-order chi connectivity index (χ1) is 8.81. The van der Waals surface area contributed by atoms with Crippen LogP contribution in [0.2, 0.25) is 0 Å². The maximum Gasteiger partial charge on any atom is 0.257 e. The van der Waals surface area contributed by atoms with E-state index in [2.05, 4.69) is 5.32 Å². The van der Waals surface area contributed by atoms with E-state index in [1.165, 1.54) is 18.0 Å². The van der Waals surface area contributed by atoms with Gasteiger partial charge in [-0.2, -0.15) is 0 Å². The number of hydrogen-bond donors (Lipinski definition) is 2. The van der Waals surface area contributed by atoms with E-state index in [9.17, 15) is 14.7 Å². The predicted octanol–water partition coefficient (Wildman–Crippen LogP) is 1.30. The third-order valence-corrected chi connectivity index (χ3v) is 2.56. The zero-order chi connectivity index (χ0) is 14.6. The van der Waals surface area contributed by atoms with Crippen LogP contribution in [0.1, 0.15) is 29.8 Å². The van der Waals surface area contributed by atoms with Crippen molar-refractivity contribution in [2.45, 2.75) is 26.8 Å². The van der Waals surface area contributed by atoms with Gasteiger partial charge in [0, 0.05) is 13.1 Å². The third kappa shape index (κ3) is 4.28. The Morgan fingerprint density at radius 3 is 2.53 bits per heavy atom. The lowest BCUT2D eigenvalue weighted by Gasteiger charge is -2.18. The highest BCUT2D eigenvalue weighted by Gasteiger charge is 2.18. The Morgan fingerprint density at radius 2 is 2.00 bits per heavy atom. The van der Waals surface area contributed by atoms with Gasteiger partial charge in [-0.05, 0) is 38.5 Å². The molecule has 0 unspecified atom stereocenters. The topological polar surface area (TPSA) is 69.6 Å². The number of nitrogens with zero attached hydrogens (tertiary/aromatic N) is 1. The smallest absolute Gasteiger partial charge is 0.257 e. The molecular weight excluding hydrogens is 244 g/mol. The van der Waals surface area contributed by atoms with E-state index in [1.807, 2.05) is 20.8 Å². The number of hydrogen-bond acceptors (Lipinski definition) is 3. The second-order valence-electron chi connectivity index (χ2n) is 4.90. The highest BCUT2D eigenvalue weighted by atomic mass is 16.3. The summed E-state index contributed by atoms with van der Waals surface area (Å²) < 4.78 is 0. The van der Waals surface area contributed by atoms with Crippen molar-refractivity contribution in [3.63, 3.8) is 0 Å². The van der Waals surface area contributed by atoms with Gasteiger partial charge < -0.3 is 15.3 Å². The fourth-order valence-electron chi connectivity index (χ4n) is 1.68. The fraction of sp³-hybridized carbons (Fsp3) is 0.429. The van der Waals surface area contributed by atoms with Crippen LogP contribution in [-0.2, 0) is 4.79 Å². The number of aromatic hydroxyl groups is 1. The van der Waals surface area contributed by atoms with Gasteiger partial charge in [0.15, 0.2) is 0 Å². The van der Waals surface area contributed by atoms with Gasteiger partial charge in [-0.25, -0.2) is 0 Å². The van der Waals surface area contributed by atoms with E-state index in [-0.39, 0.29) is 35.7 Å². The Labute approximate surface area is 113 Å². The number of carbonyl (C=O) groups excluding carboxylic acids is 2. The van der Waals surface area contributed by atoms with Crippen molar-refractivity contribution in [1.29, 1.82) is 0 Å². The molecule has 2 amide bonds. The minimum atomic E-state index is -0.378. The molecule has 5 nitrogen and oxygen atoms in total. The molecule has 0 atom stereocenters. The first-order valence-electron chi connectivity index (χ1n) is 6.15. The Bertz CT molecular complexity index is 484. The number of nitrogens with one attached hydrogen (secondary N) is 1. The lowest BCUT2D eigenvalue weighted by molar-refractivity contribution is -0.122. The number of likely N-dealkylation sites (N-methyl/N-ethyl adjacent to an activating group) is 1. The molecule has 0 aliphatic carbocycles. The lowest BCUT2D eigenvalue weighted by Crippen LogP contribution is -2.40. The average molecular weight is 264 g/mol. The molecule has 0 aliphatic heterocycles. The number of benzene rings is 1. The summed E-state index contributed by atoms with van der Waals surface area (Å²) >= 11 is 0. The van der Waals surface area contributed by atoms with Crippen LogP contribution in [0.3, 0.4) is 0 Å². The molecule has 0 spiro atoms. The quantitative estimate of drug-likeness (QED) is 0.861. The minimum absolute atomic E-state index is 0.0313. The van der Waals surface area contributed by atoms with E-state index in [0.717, 1.165) is 5.56 Å². The molecular formula is C14H20N2O3. The van der Waals surface area contributed by atoms with Gasteiger partial charge in [0.2, 0.25) is 5.91 Å². The van der Waals surface area contributed by atoms with Crippen molar-refractivity contribution in [3.8, 4) is 5.75 Å². The molecule has 0 bridgehead atoms. The summed E-state index contributed by atoms with van der Waals surface area (Å²) in [6.07, 6.45) is 0. The summed E-state index contributed by atoms with van der Waals surface area (Å²) in [6.45, 7) is 5.50. The summed E-state index contributed by atoms with van der Waals surface area (Å²) in [5.74, 6) is -0.671. The predicted molar refractivity (Wildman–Crippen MR) is 73.1 cm³/mol. The van der Waals surface area contributed by atoms with Crippen LogP contribution in [0.15, 0.2) is 18.2 Å². The summed E-state index contributed by atoms with van der Waals surface area (Å²) in [7, 11) is 1.53. The van der Waals surface area contributed by atoms with Gasteiger partial charge in [0.25, 0.3) is 5.91 Å². The summed E-state index contributed by atoms with van der Waals surface area (Å²) in [5, 5.41) is 12.5. The van der Waals surface area contributed by atoms with E-state index in [4.69, 9.17) is 0 Å². The average Bonchev–Trinajstić information content (AvgIpc) is 2.26. The number of phenols is 1. The van der Waals surface area contributed by atoms with Crippen LogP contribution in [0.5, 0.6) is 5.75 Å². The van der Waals surface area contributed by atoms with Crippen LogP contribution in [0, 0.1) is 6.92 Å². The standard InChI is InChI=1S/C14H20N2O3/c1-9(2)15-13(18)8-16(4)14(19)11-6-5-10(3)7-12(11)17/h5-7,9,17H,8H2,1-4H3,(H,15,18). The SMILES string of the molecule is Cc1ccc(C(=O)N(C)CC(=O)NC(C)C)c(O)c1. The Kier molecular flexibility index (Phi) is 4.92. The van der Waals surface area contributed by atoms with Crippen LogP contribution >= 0.6 is 0 Å². The number of carbonyl (C=O) groups is 2. The summed E-state index contributed by atoms with van der Waals surface area (Å²) in [4.78, 5) is 24.9. The molecule has 1 aromatic carbocycles. The molecule has 0 radical (unpaired) electrons. The molecule has 5 heteroatoms. The van der Waals surface area contributed by atoms with Crippen molar-refractivity contribution < 1.29 is 14.7 Å². The largest absolute Gasteiger partial charge is 0.507 e. The molecule has 0 aliphatic rings. The van der Waals surface area contributed by atoms with Crippen molar-refractivity contribution >= 4 is 11.8 Å². The molecule has 0 aromatic heterocycles. The number of phenolic OH excluding ortho intramolecular Hbond substituents is 1. The number of amides is 2. The lowest BCUT2D eigenvalue weighted by atomic mass is 10.1. The van der Waals surface area contributed by atoms with Gasteiger partial charge in [-0.1, -0.05) is 6.07 Å². The molecule has 0 saturated carbocycles. The van der Waals surface area contributed by atoms with Gasteiger partial charge >= 0.3 is 0 Å². The second kappa shape index (κ2) is 6.22. The number of rotatable bonds is 4. The molecule has 0 heterocycles. The number of aryl methyl sites for hydroxylation is 1. The van der Waals surface area contributed by atoms with Crippen LogP contribution < -0.4 is 5.32 Å². The van der Waals surface area contributed by atoms with Gasteiger partial charge in [-0.15, -0.1) is 0 Å². The van der Waals surface area contributed by atoms with Gasteiger partial charge in [-0.3, -0.25) is 9.59 Å². The molecule has 2 N–H and O–H groups in total. The monoisotopic (exact) mass is 264 g/mol. The zero-order valence-corrected chi connectivity index (χ0v) is 11.7. The molecule has 1 aromatic rings. The van der Waals surface area contributed by atoms with Crippen LogP contribution in [-0.4, -0.2) is 41.5 Å². The van der Waals surface area contributed by atoms with Gasteiger partial charge in [0.05, 0.1) is 12.1 Å². The molecule has 0 saturated heterocycles. The zero-order valence-electron chi connectivity index (χ0n) is 11.7. The second-order valence-corrected chi connectivity index (χ2v) is 4.90. The van der Waals surface area contributed by atoms with Crippen molar-refractivity contribution in [2.24, 2.45) is 0 Å². The summed E-state index contributed by atoms with van der Waals surface area (Å²) in [5.41, 5.74) is 1.07. The molecule has 0 fully saturated rings. The van der Waals surface area contributed by atoms with E-state index in [1.54, 1.807) is 12.1 Å². The maximum absolute atomic E-state index is 12.1. The van der Waals surface area contributed by atoms with Gasteiger partial charge in [0.1, 0.15) is 5.75 Å². The third-order valence-electron chi connectivity index (χ3n) is 2.56. The minimum Gasteiger partial charge on any atom is -0.507 e. The van der Waals surface area contributed by atoms with Crippen molar-refractivity contribution in [2.75, 3.05) is 13.6 Å². The first kappa shape index (κ1) is 15.0. The Morgan fingerprint density at radius 1 is 1.37 bits per heavy atom. The Balaban J connectivity index is 2.74. The highest BCUT2D eigenvalue weighted by molar-refractivity contribution is 5.98. The summed E-state index contributed by atoms with van der Waals surface area (Å²) in [6, 6.07) is 4.86. The normalized spacial score (nSPS) is 10.4. The van der Waals surface area contributed by atoms with E-state index >= 15 is 0 Å². The van der Waals surface area contributed by atoms with E-state index in [0.29, 0.717) is 0 Å². The van der Waals surface area contributed by atoms with Crippen LogP contribution in [0.25, 0.3) is 0 Å². The van der Waals surface area contributed by atoms with Crippen molar-refractivity contribution in [3.05, 3.63) is 29.3 Å². The molecule has 1 rings (SSSR count). The van der Waals surface area contributed by atoms with Crippen LogP contribution in [0.4, 0.5) is 0 Å². The maximum atomic E-state index is 12.1. The van der Waals surface area contributed by atoms with Crippen molar-refractivity contribution in [1.82, 2.24) is 10.2 Å². The Hall–Kier alpha value is -2.04. The molecule has 19 heavy (non-hydrogen) atoms. The highest BCUT2D eigenvalue weighted by Crippen LogP contribution is 2.19.